The summed E-state index contributed by atoms with van der Waals surface area (Å²) in [6.07, 6.45) is 3.71. The largest absolute Gasteiger partial charge is 0.340 e. The van der Waals surface area contributed by atoms with E-state index in [1.54, 1.807) is 18.3 Å². The maximum atomic E-state index is 13.3. The highest BCUT2D eigenvalue weighted by Crippen LogP contribution is 2.39. The lowest BCUT2D eigenvalue weighted by atomic mass is 9.94. The molecule has 2 aliphatic heterocycles. The molecule has 0 bridgehead atoms. The molecule has 7 nitrogen and oxygen atoms in total. The van der Waals surface area contributed by atoms with Crippen molar-refractivity contribution in [2.45, 2.75) is 43.5 Å². The highest BCUT2D eigenvalue weighted by Gasteiger charge is 2.48. The van der Waals surface area contributed by atoms with E-state index in [0.717, 1.165) is 25.7 Å². The molecule has 3 fully saturated rings. The number of likely N-dealkylation sites (tertiary alicyclic amines) is 1. The van der Waals surface area contributed by atoms with Gasteiger partial charge in [-0.2, -0.15) is 9.40 Å². The summed E-state index contributed by atoms with van der Waals surface area (Å²) in [6, 6.07) is -0.155. The number of hydrogen-bond acceptors (Lipinski definition) is 4. The van der Waals surface area contributed by atoms with Gasteiger partial charge in [-0.1, -0.05) is 11.6 Å². The molecule has 1 aromatic heterocycles. The average Bonchev–Trinajstić information content (AvgIpc) is 3.25. The Bertz CT molecular complexity index is 818. The Morgan fingerprint density at radius 3 is 2.56 bits per heavy atom. The fourth-order valence-electron chi connectivity index (χ4n) is 4.23. The van der Waals surface area contributed by atoms with Crippen LogP contribution in [0.1, 0.15) is 31.4 Å². The van der Waals surface area contributed by atoms with E-state index in [2.05, 4.69) is 5.10 Å². The SMILES string of the molecule is Cc1nn(C)c(Cl)c1S(=O)(=O)N1CCC[C@@H]2CN(C(=O)C3CC3)C[C@@H]21. The number of hydrogen-bond donors (Lipinski definition) is 0. The maximum absolute atomic E-state index is 13.3. The molecule has 4 rings (SSSR count). The first-order valence-corrected chi connectivity index (χ1v) is 10.6. The summed E-state index contributed by atoms with van der Waals surface area (Å²) in [5.41, 5.74) is 0.415. The molecule has 25 heavy (non-hydrogen) atoms. The first kappa shape index (κ1) is 17.3. The summed E-state index contributed by atoms with van der Waals surface area (Å²) < 4.78 is 29.5. The van der Waals surface area contributed by atoms with E-state index in [1.807, 2.05) is 4.90 Å². The molecule has 0 radical (unpaired) electrons. The molecule has 1 aromatic rings. The standard InChI is InChI=1S/C16H23ClN4O3S/c1-10-14(15(17)19(2)18-10)25(23,24)21-7-3-4-12-8-20(9-13(12)21)16(22)11-5-6-11/h11-13H,3-9H2,1-2H3/t12-,13+/m1/s1. The highest BCUT2D eigenvalue weighted by atomic mass is 35.5. The van der Waals surface area contributed by atoms with Crippen LogP contribution < -0.4 is 0 Å². The molecule has 1 saturated carbocycles. The molecule has 2 atom stereocenters. The summed E-state index contributed by atoms with van der Waals surface area (Å²) in [7, 11) is -2.09. The molecular formula is C16H23ClN4O3S. The molecule has 0 unspecified atom stereocenters. The third-order valence-electron chi connectivity index (χ3n) is 5.63. The quantitative estimate of drug-likeness (QED) is 0.787. The molecule has 0 N–H and O–H groups in total. The van der Waals surface area contributed by atoms with Gasteiger partial charge in [-0.05, 0) is 38.5 Å². The van der Waals surface area contributed by atoms with Crippen LogP contribution in [0.25, 0.3) is 0 Å². The third-order valence-corrected chi connectivity index (χ3v) is 8.26. The number of rotatable bonds is 3. The summed E-state index contributed by atoms with van der Waals surface area (Å²) >= 11 is 6.22. The van der Waals surface area contributed by atoms with Crippen molar-refractivity contribution in [3.8, 4) is 0 Å². The Balaban J connectivity index is 1.64. The minimum atomic E-state index is -3.73. The third kappa shape index (κ3) is 2.78. The van der Waals surface area contributed by atoms with Crippen molar-refractivity contribution >= 4 is 27.5 Å². The van der Waals surface area contributed by atoms with E-state index >= 15 is 0 Å². The highest BCUT2D eigenvalue weighted by molar-refractivity contribution is 7.89. The van der Waals surface area contributed by atoms with Crippen LogP contribution in [-0.2, 0) is 21.9 Å². The lowest BCUT2D eigenvalue weighted by molar-refractivity contribution is -0.131. The number of sulfonamides is 1. The van der Waals surface area contributed by atoms with Gasteiger partial charge >= 0.3 is 0 Å². The Kier molecular flexibility index (Phi) is 4.12. The van der Waals surface area contributed by atoms with Crippen LogP contribution in [0, 0.1) is 18.8 Å². The van der Waals surface area contributed by atoms with Crippen LogP contribution in [0.5, 0.6) is 0 Å². The second-order valence-electron chi connectivity index (χ2n) is 7.43. The predicted molar refractivity (Wildman–Crippen MR) is 92.7 cm³/mol. The Labute approximate surface area is 153 Å². The summed E-state index contributed by atoms with van der Waals surface area (Å²) in [5, 5.41) is 4.29. The van der Waals surface area contributed by atoms with Crippen molar-refractivity contribution in [1.29, 1.82) is 0 Å². The van der Waals surface area contributed by atoms with Crippen LogP contribution in [0.15, 0.2) is 4.90 Å². The first-order valence-electron chi connectivity index (χ1n) is 8.80. The number of halogens is 1. The lowest BCUT2D eigenvalue weighted by Crippen LogP contribution is -2.48. The number of nitrogens with zero attached hydrogens (tertiary/aromatic N) is 4. The fourth-order valence-corrected chi connectivity index (χ4v) is 6.65. The van der Waals surface area contributed by atoms with Crippen molar-refractivity contribution < 1.29 is 13.2 Å². The van der Waals surface area contributed by atoms with Crippen molar-refractivity contribution in [2.75, 3.05) is 19.6 Å². The van der Waals surface area contributed by atoms with Crippen molar-refractivity contribution in [1.82, 2.24) is 19.0 Å². The summed E-state index contributed by atoms with van der Waals surface area (Å²) in [4.78, 5) is 14.4. The van der Waals surface area contributed by atoms with E-state index in [0.29, 0.717) is 25.3 Å². The number of aryl methyl sites for hydroxylation is 2. The van der Waals surface area contributed by atoms with E-state index in [1.165, 1.54) is 4.68 Å². The number of piperidine rings is 1. The lowest BCUT2D eigenvalue weighted by Gasteiger charge is -2.35. The zero-order valence-corrected chi connectivity index (χ0v) is 16.1. The van der Waals surface area contributed by atoms with E-state index in [-0.39, 0.29) is 33.8 Å². The van der Waals surface area contributed by atoms with Crippen molar-refractivity contribution in [2.24, 2.45) is 18.9 Å². The zero-order valence-electron chi connectivity index (χ0n) is 14.5. The second-order valence-corrected chi connectivity index (χ2v) is 9.62. The van der Waals surface area contributed by atoms with Gasteiger partial charge in [-0.25, -0.2) is 8.42 Å². The normalized spacial score (nSPS) is 27.6. The molecule has 1 aliphatic carbocycles. The molecule has 138 valence electrons. The number of aromatic nitrogens is 2. The van der Waals surface area contributed by atoms with Crippen molar-refractivity contribution in [3.63, 3.8) is 0 Å². The van der Waals surface area contributed by atoms with E-state index < -0.39 is 10.0 Å². The van der Waals surface area contributed by atoms with Gasteiger partial charge in [-0.3, -0.25) is 9.48 Å². The number of carbonyl (C=O) groups excluding carboxylic acids is 1. The molecule has 0 spiro atoms. The molecule has 3 aliphatic rings. The van der Waals surface area contributed by atoms with Gasteiger partial charge < -0.3 is 4.90 Å². The van der Waals surface area contributed by atoms with Gasteiger partial charge in [0, 0.05) is 38.6 Å². The Hall–Kier alpha value is -1.12. The van der Waals surface area contributed by atoms with Crippen LogP contribution in [-0.4, -0.2) is 59.0 Å². The van der Waals surface area contributed by atoms with Gasteiger partial charge in [0.05, 0.1) is 5.69 Å². The van der Waals surface area contributed by atoms with Crippen LogP contribution >= 0.6 is 11.6 Å². The molecule has 9 heteroatoms. The van der Waals surface area contributed by atoms with Gasteiger partial charge in [0.15, 0.2) is 0 Å². The predicted octanol–water partition coefficient (Wildman–Crippen LogP) is 1.40. The zero-order chi connectivity index (χ0) is 17.9. The monoisotopic (exact) mass is 386 g/mol. The molecule has 3 heterocycles. The van der Waals surface area contributed by atoms with E-state index in [9.17, 15) is 13.2 Å². The van der Waals surface area contributed by atoms with Crippen LogP contribution in [0.2, 0.25) is 5.15 Å². The average molecular weight is 387 g/mol. The van der Waals surface area contributed by atoms with Crippen molar-refractivity contribution in [3.05, 3.63) is 10.8 Å². The summed E-state index contributed by atoms with van der Waals surface area (Å²) in [6.45, 7) is 3.30. The van der Waals surface area contributed by atoms with Crippen LogP contribution in [0.4, 0.5) is 0 Å². The molecule has 2 saturated heterocycles. The minimum Gasteiger partial charge on any atom is -0.340 e. The number of carbonyl (C=O) groups is 1. The van der Waals surface area contributed by atoms with Gasteiger partial charge in [0.25, 0.3) is 0 Å². The number of fused-ring (bicyclic) bond motifs is 1. The minimum absolute atomic E-state index is 0.101. The topological polar surface area (TPSA) is 75.5 Å². The Morgan fingerprint density at radius 1 is 1.24 bits per heavy atom. The number of amides is 1. The van der Waals surface area contributed by atoms with Crippen LogP contribution in [0.3, 0.4) is 0 Å². The van der Waals surface area contributed by atoms with E-state index in [4.69, 9.17) is 11.6 Å². The van der Waals surface area contributed by atoms with Gasteiger partial charge in [0.1, 0.15) is 10.0 Å². The van der Waals surface area contributed by atoms with Gasteiger partial charge in [-0.15, -0.1) is 0 Å². The molecular weight excluding hydrogens is 364 g/mol. The Morgan fingerprint density at radius 2 is 1.96 bits per heavy atom. The van der Waals surface area contributed by atoms with Gasteiger partial charge in [0.2, 0.25) is 15.9 Å². The fraction of sp³-hybridized carbons (Fsp3) is 0.750. The summed E-state index contributed by atoms with van der Waals surface area (Å²) in [5.74, 6) is 0.574. The second kappa shape index (κ2) is 5.96. The first-order chi connectivity index (χ1) is 11.8. The molecule has 1 amide bonds. The maximum Gasteiger partial charge on any atom is 0.248 e. The molecule has 0 aromatic carbocycles. The smallest absolute Gasteiger partial charge is 0.248 e.